The molecular weight excluding hydrogens is 224 g/mol. The van der Waals surface area contributed by atoms with E-state index in [-0.39, 0.29) is 12.6 Å². The van der Waals surface area contributed by atoms with Crippen LogP contribution in [0.15, 0.2) is 55.0 Å². The van der Waals surface area contributed by atoms with E-state index in [1.165, 1.54) is 10.9 Å². The summed E-state index contributed by atoms with van der Waals surface area (Å²) in [6.45, 7) is 0.147. The van der Waals surface area contributed by atoms with Crippen LogP contribution < -0.4 is 0 Å². The predicted molar refractivity (Wildman–Crippen MR) is 72.6 cm³/mol. The first-order valence-corrected chi connectivity index (χ1v) is 6.17. The third-order valence-corrected chi connectivity index (χ3v) is 3.39. The molecular formula is C15H16N2O. The number of hydrogen-bond acceptors (Lipinski definition) is 1. The molecule has 0 unspecified atom stereocenters. The van der Waals surface area contributed by atoms with Gasteiger partial charge >= 0.3 is 0 Å². The van der Waals surface area contributed by atoms with Crippen LogP contribution in [-0.4, -0.2) is 21.3 Å². The number of H-pyrrole nitrogens is 1. The second-order valence-electron chi connectivity index (χ2n) is 4.53. The molecule has 0 spiro atoms. The topological polar surface area (TPSA) is 40.9 Å². The Hall–Kier alpha value is -2.00. The summed E-state index contributed by atoms with van der Waals surface area (Å²) < 4.78 is 2.06. The van der Waals surface area contributed by atoms with E-state index in [1.807, 2.05) is 42.9 Å². The van der Waals surface area contributed by atoms with Crippen LogP contribution >= 0.6 is 0 Å². The van der Waals surface area contributed by atoms with E-state index < -0.39 is 0 Å². The van der Waals surface area contributed by atoms with Crippen LogP contribution in [0, 0.1) is 0 Å². The Morgan fingerprint density at radius 1 is 1.11 bits per heavy atom. The van der Waals surface area contributed by atoms with Crippen molar-refractivity contribution in [3.63, 3.8) is 0 Å². The molecule has 0 aliphatic carbocycles. The number of aromatic nitrogens is 2. The Kier molecular flexibility index (Phi) is 2.90. The second kappa shape index (κ2) is 4.70. The summed E-state index contributed by atoms with van der Waals surface area (Å²) in [5.74, 6) is 0. The van der Waals surface area contributed by atoms with Crippen molar-refractivity contribution in [1.29, 1.82) is 0 Å². The Labute approximate surface area is 106 Å². The molecule has 0 aliphatic rings. The van der Waals surface area contributed by atoms with E-state index >= 15 is 0 Å². The molecule has 2 aromatic heterocycles. The van der Waals surface area contributed by atoms with E-state index in [9.17, 15) is 5.11 Å². The number of nitrogens with zero attached hydrogens (tertiary/aromatic N) is 1. The zero-order valence-corrected chi connectivity index (χ0v) is 10.1. The highest BCUT2D eigenvalue weighted by atomic mass is 16.3. The fourth-order valence-corrected chi connectivity index (χ4v) is 2.41. The third kappa shape index (κ3) is 1.93. The van der Waals surface area contributed by atoms with Crippen LogP contribution in [0.1, 0.15) is 11.6 Å². The van der Waals surface area contributed by atoms with Gasteiger partial charge in [0.05, 0.1) is 12.6 Å². The molecule has 1 aromatic carbocycles. The number of hydrogen-bond donors (Lipinski definition) is 2. The lowest BCUT2D eigenvalue weighted by molar-refractivity contribution is 0.228. The van der Waals surface area contributed by atoms with Gasteiger partial charge in [-0.1, -0.05) is 18.2 Å². The molecule has 3 nitrogen and oxygen atoms in total. The van der Waals surface area contributed by atoms with E-state index in [0.717, 1.165) is 11.9 Å². The zero-order chi connectivity index (χ0) is 12.4. The molecule has 0 aliphatic heterocycles. The van der Waals surface area contributed by atoms with Gasteiger partial charge in [-0.3, -0.25) is 0 Å². The van der Waals surface area contributed by atoms with Crippen molar-refractivity contribution in [2.45, 2.75) is 12.5 Å². The zero-order valence-electron chi connectivity index (χ0n) is 10.1. The van der Waals surface area contributed by atoms with Gasteiger partial charge in [0.2, 0.25) is 0 Å². The average Bonchev–Trinajstić information content (AvgIpc) is 3.06. The molecule has 18 heavy (non-hydrogen) atoms. The van der Waals surface area contributed by atoms with Crippen LogP contribution in [0.3, 0.4) is 0 Å². The Bertz CT molecular complexity index is 625. The van der Waals surface area contributed by atoms with Crippen LogP contribution in [-0.2, 0) is 6.42 Å². The smallest absolute Gasteiger partial charge is 0.0642 e. The number of para-hydroxylation sites is 1. The van der Waals surface area contributed by atoms with Gasteiger partial charge in [-0.2, -0.15) is 0 Å². The van der Waals surface area contributed by atoms with Crippen molar-refractivity contribution < 1.29 is 5.11 Å². The van der Waals surface area contributed by atoms with Crippen LogP contribution in [0.4, 0.5) is 0 Å². The van der Waals surface area contributed by atoms with Gasteiger partial charge in [0, 0.05) is 29.5 Å². The largest absolute Gasteiger partial charge is 0.394 e. The molecule has 0 saturated heterocycles. The maximum Gasteiger partial charge on any atom is 0.0642 e. The van der Waals surface area contributed by atoms with Crippen LogP contribution in [0.25, 0.3) is 10.9 Å². The first-order valence-electron chi connectivity index (χ1n) is 6.17. The third-order valence-electron chi connectivity index (χ3n) is 3.39. The molecule has 3 aromatic rings. The van der Waals surface area contributed by atoms with Gasteiger partial charge in [-0.15, -0.1) is 0 Å². The summed E-state index contributed by atoms with van der Waals surface area (Å²) in [7, 11) is 0. The summed E-state index contributed by atoms with van der Waals surface area (Å²) in [6.07, 6.45) is 6.86. The van der Waals surface area contributed by atoms with Crippen molar-refractivity contribution in [3.8, 4) is 0 Å². The normalized spacial score (nSPS) is 12.9. The highest BCUT2D eigenvalue weighted by molar-refractivity contribution is 5.83. The van der Waals surface area contributed by atoms with Crippen molar-refractivity contribution in [2.24, 2.45) is 0 Å². The van der Waals surface area contributed by atoms with Crippen molar-refractivity contribution in [3.05, 3.63) is 60.6 Å². The van der Waals surface area contributed by atoms with E-state index in [2.05, 4.69) is 21.7 Å². The molecule has 1 atom stereocenters. The summed E-state index contributed by atoms with van der Waals surface area (Å²) in [6, 6.07) is 12.3. The van der Waals surface area contributed by atoms with E-state index in [0.29, 0.717) is 0 Å². The van der Waals surface area contributed by atoms with Gasteiger partial charge in [0.25, 0.3) is 0 Å². The first kappa shape index (κ1) is 11.1. The number of nitrogens with one attached hydrogen (secondary N) is 1. The van der Waals surface area contributed by atoms with Gasteiger partial charge in [-0.25, -0.2) is 0 Å². The first-order chi connectivity index (χ1) is 8.88. The minimum atomic E-state index is 0.0965. The van der Waals surface area contributed by atoms with E-state index in [4.69, 9.17) is 0 Å². The monoisotopic (exact) mass is 240 g/mol. The SMILES string of the molecule is OC[C@H](Cc1c[nH]c2ccccc12)n1cccc1. The summed E-state index contributed by atoms with van der Waals surface area (Å²) >= 11 is 0. The van der Waals surface area contributed by atoms with Gasteiger partial charge < -0.3 is 14.7 Å². The standard InChI is InChI=1S/C15H16N2O/c18-11-13(17-7-3-4-8-17)9-12-10-16-15-6-2-1-5-14(12)15/h1-8,10,13,16,18H,9,11H2/t13-/m0/s1. The minimum absolute atomic E-state index is 0.0965. The lowest BCUT2D eigenvalue weighted by Gasteiger charge is -2.15. The molecule has 0 amide bonds. The van der Waals surface area contributed by atoms with Gasteiger partial charge in [-0.05, 0) is 30.2 Å². The summed E-state index contributed by atoms with van der Waals surface area (Å²) in [4.78, 5) is 3.27. The molecule has 0 saturated carbocycles. The van der Waals surface area contributed by atoms with Gasteiger partial charge in [0.15, 0.2) is 0 Å². The molecule has 0 fully saturated rings. The highest BCUT2D eigenvalue weighted by Gasteiger charge is 2.12. The van der Waals surface area contributed by atoms with Crippen molar-refractivity contribution in [2.75, 3.05) is 6.61 Å². The lowest BCUT2D eigenvalue weighted by atomic mass is 10.1. The second-order valence-corrected chi connectivity index (χ2v) is 4.53. The Balaban J connectivity index is 1.91. The number of benzene rings is 1. The fourth-order valence-electron chi connectivity index (χ4n) is 2.41. The summed E-state index contributed by atoms with van der Waals surface area (Å²) in [5, 5.41) is 10.8. The number of fused-ring (bicyclic) bond motifs is 1. The molecule has 0 bridgehead atoms. The van der Waals surface area contributed by atoms with Crippen molar-refractivity contribution >= 4 is 10.9 Å². The molecule has 2 heterocycles. The van der Waals surface area contributed by atoms with Gasteiger partial charge in [0.1, 0.15) is 0 Å². The maximum absolute atomic E-state index is 9.54. The Morgan fingerprint density at radius 2 is 1.89 bits per heavy atom. The summed E-state index contributed by atoms with van der Waals surface area (Å²) in [5.41, 5.74) is 2.40. The molecule has 3 heteroatoms. The number of aromatic amines is 1. The quantitative estimate of drug-likeness (QED) is 0.723. The fraction of sp³-hybridized carbons (Fsp3) is 0.200. The van der Waals surface area contributed by atoms with Crippen LogP contribution in [0.5, 0.6) is 0 Å². The van der Waals surface area contributed by atoms with E-state index in [1.54, 1.807) is 0 Å². The number of aliphatic hydroxyl groups excluding tert-OH is 1. The van der Waals surface area contributed by atoms with Crippen molar-refractivity contribution in [1.82, 2.24) is 9.55 Å². The molecule has 2 N–H and O–H groups in total. The number of rotatable bonds is 4. The molecule has 92 valence electrons. The molecule has 3 rings (SSSR count). The Morgan fingerprint density at radius 3 is 2.67 bits per heavy atom. The average molecular weight is 240 g/mol. The maximum atomic E-state index is 9.54. The highest BCUT2D eigenvalue weighted by Crippen LogP contribution is 2.22. The van der Waals surface area contributed by atoms with Crippen LogP contribution in [0.2, 0.25) is 0 Å². The number of aliphatic hydroxyl groups is 1. The minimum Gasteiger partial charge on any atom is -0.394 e. The lowest BCUT2D eigenvalue weighted by Crippen LogP contribution is -2.14. The predicted octanol–water partition coefficient (Wildman–Crippen LogP) is 2.75. The molecule has 0 radical (unpaired) electrons.